The molecule has 15 heavy (non-hydrogen) atoms. The lowest BCUT2D eigenvalue weighted by Gasteiger charge is -2.32. The van der Waals surface area contributed by atoms with E-state index in [4.69, 9.17) is 5.73 Å². The molecule has 5 heteroatoms. The largest absolute Gasteiger partial charge is 0.344 e. The second-order valence-corrected chi connectivity index (χ2v) is 5.95. The molecule has 1 aliphatic rings. The number of hydrogen-bond acceptors (Lipinski definition) is 5. The van der Waals surface area contributed by atoms with Crippen LogP contribution >= 0.6 is 23.1 Å². The molecule has 1 aromatic heterocycles. The van der Waals surface area contributed by atoms with E-state index >= 15 is 0 Å². The van der Waals surface area contributed by atoms with Crippen LogP contribution in [0, 0.1) is 0 Å². The second kappa shape index (κ2) is 4.72. The van der Waals surface area contributed by atoms with Gasteiger partial charge in [-0.3, -0.25) is 0 Å². The van der Waals surface area contributed by atoms with E-state index in [2.05, 4.69) is 22.2 Å². The maximum Gasteiger partial charge on any atom is 0.185 e. The highest BCUT2D eigenvalue weighted by Crippen LogP contribution is 2.28. The lowest BCUT2D eigenvalue weighted by molar-refractivity contribution is 0.691. The van der Waals surface area contributed by atoms with Crippen LogP contribution in [-0.2, 0) is 0 Å². The van der Waals surface area contributed by atoms with E-state index in [1.807, 2.05) is 18.7 Å². The lowest BCUT2D eigenvalue weighted by atomic mass is 10.3. The van der Waals surface area contributed by atoms with E-state index in [1.165, 1.54) is 11.5 Å². The minimum absolute atomic E-state index is 0.0458. The average Bonchev–Trinajstić information content (AvgIpc) is 2.67. The fraction of sp³-hybridized carbons (Fsp3) is 0.700. The molecule has 2 rings (SSSR count). The van der Waals surface area contributed by atoms with Crippen LogP contribution in [0.4, 0.5) is 5.13 Å². The topological polar surface area (TPSA) is 42.1 Å². The van der Waals surface area contributed by atoms with Gasteiger partial charge in [-0.15, -0.1) is 11.3 Å². The highest BCUT2D eigenvalue weighted by molar-refractivity contribution is 7.99. The molecule has 2 atom stereocenters. The lowest BCUT2D eigenvalue weighted by Crippen LogP contribution is -2.40. The van der Waals surface area contributed by atoms with Crippen molar-refractivity contribution >= 4 is 28.2 Å². The maximum absolute atomic E-state index is 5.81. The molecule has 1 saturated heterocycles. The quantitative estimate of drug-likeness (QED) is 0.864. The van der Waals surface area contributed by atoms with Crippen molar-refractivity contribution in [1.29, 1.82) is 0 Å². The summed E-state index contributed by atoms with van der Waals surface area (Å²) in [7, 11) is 0. The Balaban J connectivity index is 2.13. The zero-order valence-electron chi connectivity index (χ0n) is 9.14. The third kappa shape index (κ3) is 2.46. The van der Waals surface area contributed by atoms with E-state index in [0.29, 0.717) is 6.04 Å². The van der Waals surface area contributed by atoms with Gasteiger partial charge in [0.25, 0.3) is 0 Å². The fourth-order valence-electron chi connectivity index (χ4n) is 1.63. The van der Waals surface area contributed by atoms with E-state index in [9.17, 15) is 0 Å². The molecule has 1 aromatic rings. The SMILES string of the molecule is CC(N)c1csc(N2CCSCC2C)n1. The van der Waals surface area contributed by atoms with Crippen molar-refractivity contribution in [3.8, 4) is 0 Å². The van der Waals surface area contributed by atoms with Crippen molar-refractivity contribution in [1.82, 2.24) is 4.98 Å². The number of anilines is 1. The smallest absolute Gasteiger partial charge is 0.185 e. The number of nitrogens with two attached hydrogens (primary N) is 1. The molecule has 1 fully saturated rings. The maximum atomic E-state index is 5.81. The predicted molar refractivity (Wildman–Crippen MR) is 68.8 cm³/mol. The Bertz CT molecular complexity index is 324. The molecular weight excluding hydrogens is 226 g/mol. The number of nitrogens with zero attached hydrogens (tertiary/aromatic N) is 2. The van der Waals surface area contributed by atoms with Crippen LogP contribution in [0.15, 0.2) is 5.38 Å². The van der Waals surface area contributed by atoms with Gasteiger partial charge >= 0.3 is 0 Å². The summed E-state index contributed by atoms with van der Waals surface area (Å²) in [5, 5.41) is 3.21. The molecule has 2 unspecified atom stereocenters. The van der Waals surface area contributed by atoms with E-state index in [0.717, 1.165) is 17.4 Å². The number of thioether (sulfide) groups is 1. The monoisotopic (exact) mass is 243 g/mol. The third-order valence-electron chi connectivity index (χ3n) is 2.59. The van der Waals surface area contributed by atoms with Crippen LogP contribution < -0.4 is 10.6 Å². The van der Waals surface area contributed by atoms with Crippen molar-refractivity contribution < 1.29 is 0 Å². The molecule has 2 heterocycles. The van der Waals surface area contributed by atoms with Gasteiger partial charge in [0.2, 0.25) is 0 Å². The molecule has 0 amide bonds. The third-order valence-corrected chi connectivity index (χ3v) is 4.68. The fourth-order valence-corrected chi connectivity index (χ4v) is 3.70. The Labute approximate surface area is 99.1 Å². The first-order valence-corrected chi connectivity index (χ1v) is 7.27. The van der Waals surface area contributed by atoms with Crippen LogP contribution in [0.2, 0.25) is 0 Å². The first-order valence-electron chi connectivity index (χ1n) is 5.24. The van der Waals surface area contributed by atoms with Gasteiger partial charge in [-0.1, -0.05) is 0 Å². The minimum atomic E-state index is 0.0458. The van der Waals surface area contributed by atoms with Crippen molar-refractivity contribution in [2.24, 2.45) is 5.73 Å². The van der Waals surface area contributed by atoms with Gasteiger partial charge in [-0.2, -0.15) is 11.8 Å². The van der Waals surface area contributed by atoms with E-state index in [1.54, 1.807) is 11.3 Å². The van der Waals surface area contributed by atoms with Crippen molar-refractivity contribution in [3.63, 3.8) is 0 Å². The Morgan fingerprint density at radius 2 is 2.47 bits per heavy atom. The highest BCUT2D eigenvalue weighted by Gasteiger charge is 2.21. The molecule has 0 aromatic carbocycles. The molecular formula is C10H17N3S2. The summed E-state index contributed by atoms with van der Waals surface area (Å²) in [6, 6.07) is 0.639. The Kier molecular flexibility index (Phi) is 3.53. The highest BCUT2D eigenvalue weighted by atomic mass is 32.2. The van der Waals surface area contributed by atoms with Crippen molar-refractivity contribution in [2.75, 3.05) is 23.0 Å². The standard InChI is InChI=1S/C10H17N3S2/c1-7-5-14-4-3-13(7)10-12-9(6-15-10)8(2)11/h6-8H,3-5,11H2,1-2H3. The normalized spacial score (nSPS) is 24.2. The summed E-state index contributed by atoms with van der Waals surface area (Å²) < 4.78 is 0. The molecule has 0 saturated carbocycles. The number of hydrogen-bond donors (Lipinski definition) is 1. The van der Waals surface area contributed by atoms with Gasteiger partial charge in [0.15, 0.2) is 5.13 Å². The van der Waals surface area contributed by atoms with Crippen LogP contribution in [0.3, 0.4) is 0 Å². The van der Waals surface area contributed by atoms with Gasteiger partial charge in [0.1, 0.15) is 0 Å². The average molecular weight is 243 g/mol. The molecule has 1 aliphatic heterocycles. The molecule has 0 aliphatic carbocycles. The van der Waals surface area contributed by atoms with E-state index in [-0.39, 0.29) is 6.04 Å². The Morgan fingerprint density at radius 3 is 3.07 bits per heavy atom. The molecule has 0 spiro atoms. The summed E-state index contributed by atoms with van der Waals surface area (Å²) in [5.74, 6) is 2.41. The van der Waals surface area contributed by atoms with Gasteiger partial charge in [-0.25, -0.2) is 4.98 Å². The second-order valence-electron chi connectivity index (χ2n) is 3.96. The summed E-state index contributed by atoms with van der Waals surface area (Å²) in [5.41, 5.74) is 6.83. The van der Waals surface area contributed by atoms with Crippen LogP contribution in [0.25, 0.3) is 0 Å². The van der Waals surface area contributed by atoms with E-state index < -0.39 is 0 Å². The van der Waals surface area contributed by atoms with Gasteiger partial charge in [0, 0.05) is 35.5 Å². The summed E-state index contributed by atoms with van der Waals surface area (Å²) in [4.78, 5) is 6.99. The van der Waals surface area contributed by atoms with Crippen molar-refractivity contribution in [3.05, 3.63) is 11.1 Å². The first kappa shape index (κ1) is 11.2. The zero-order chi connectivity index (χ0) is 10.8. The zero-order valence-corrected chi connectivity index (χ0v) is 10.8. The van der Waals surface area contributed by atoms with Crippen LogP contribution in [-0.4, -0.2) is 29.1 Å². The number of rotatable bonds is 2. The summed E-state index contributed by atoms with van der Waals surface area (Å²) >= 11 is 3.74. The van der Waals surface area contributed by atoms with Crippen LogP contribution in [0.1, 0.15) is 25.6 Å². The summed E-state index contributed by atoms with van der Waals surface area (Å²) in [6.07, 6.45) is 0. The van der Waals surface area contributed by atoms with Gasteiger partial charge in [0.05, 0.1) is 5.69 Å². The van der Waals surface area contributed by atoms with Gasteiger partial charge < -0.3 is 10.6 Å². The van der Waals surface area contributed by atoms with Crippen molar-refractivity contribution in [2.45, 2.75) is 25.9 Å². The van der Waals surface area contributed by atoms with Crippen LogP contribution in [0.5, 0.6) is 0 Å². The minimum Gasteiger partial charge on any atom is -0.344 e. The molecule has 2 N–H and O–H groups in total. The summed E-state index contributed by atoms with van der Waals surface area (Å²) in [6.45, 7) is 5.35. The molecule has 0 bridgehead atoms. The predicted octanol–water partition coefficient (Wildman–Crippen LogP) is 2.10. The Morgan fingerprint density at radius 1 is 1.67 bits per heavy atom. The molecule has 0 radical (unpaired) electrons. The number of thiazole rings is 1. The van der Waals surface area contributed by atoms with Gasteiger partial charge in [-0.05, 0) is 13.8 Å². The molecule has 3 nitrogen and oxygen atoms in total. The first-order chi connectivity index (χ1) is 7.18. The molecule has 84 valence electrons. The Hall–Kier alpha value is -0.260. The number of aromatic nitrogens is 1.